The van der Waals surface area contributed by atoms with Crippen molar-refractivity contribution in [2.24, 2.45) is 0 Å². The van der Waals surface area contributed by atoms with Gasteiger partial charge in [-0.2, -0.15) is 4.31 Å². The third-order valence-corrected chi connectivity index (χ3v) is 7.98. The minimum atomic E-state index is -3.89. The van der Waals surface area contributed by atoms with Crippen molar-refractivity contribution in [1.82, 2.24) is 4.31 Å². The highest BCUT2D eigenvalue weighted by molar-refractivity contribution is 7.92. The number of rotatable bonds is 4. The Morgan fingerprint density at radius 1 is 1.18 bits per heavy atom. The van der Waals surface area contributed by atoms with Crippen LogP contribution in [0.2, 0.25) is 5.02 Å². The van der Waals surface area contributed by atoms with E-state index in [-0.39, 0.29) is 27.5 Å². The highest BCUT2D eigenvalue weighted by atomic mass is 35.5. The van der Waals surface area contributed by atoms with E-state index >= 15 is 0 Å². The maximum absolute atomic E-state index is 13.2. The topological polar surface area (TPSA) is 71.5 Å². The molecule has 1 aromatic rings. The number of nitrogens with zero attached hydrogens (tertiary/aromatic N) is 1. The molecule has 1 aliphatic heterocycles. The van der Waals surface area contributed by atoms with Crippen LogP contribution in [0.25, 0.3) is 0 Å². The smallest absolute Gasteiger partial charge is 0.229 e. The van der Waals surface area contributed by atoms with Gasteiger partial charge in [0, 0.05) is 12.1 Å². The largest absolute Gasteiger partial charge is 0.243 e. The van der Waals surface area contributed by atoms with Crippen molar-refractivity contribution in [3.8, 4) is 0 Å². The van der Waals surface area contributed by atoms with E-state index in [9.17, 15) is 21.2 Å². The molecule has 1 saturated heterocycles. The molecule has 1 atom stereocenters. The number of sulfone groups is 1. The predicted octanol–water partition coefficient (Wildman–Crippen LogP) is 1.82. The Balaban J connectivity index is 1.98. The van der Waals surface area contributed by atoms with E-state index in [2.05, 4.69) is 0 Å². The van der Waals surface area contributed by atoms with E-state index in [4.69, 9.17) is 11.6 Å². The molecule has 5 nitrogen and oxygen atoms in total. The summed E-state index contributed by atoms with van der Waals surface area (Å²) in [5.74, 6) is -0.847. The van der Waals surface area contributed by atoms with Crippen molar-refractivity contribution < 1.29 is 21.2 Å². The minimum absolute atomic E-state index is 0.000576. The lowest BCUT2D eigenvalue weighted by Crippen LogP contribution is -2.42. The molecule has 22 heavy (non-hydrogen) atoms. The fraction of sp³-hybridized carbons (Fsp3) is 0.538. The third kappa shape index (κ3) is 3.02. The Morgan fingerprint density at radius 2 is 1.86 bits per heavy atom. The summed E-state index contributed by atoms with van der Waals surface area (Å²) in [6, 6.07) is 2.52. The molecular formula is C13H15ClFNO4S2. The molecular weight excluding hydrogens is 353 g/mol. The van der Waals surface area contributed by atoms with Gasteiger partial charge in [0.2, 0.25) is 10.0 Å². The zero-order chi connectivity index (χ0) is 16.1. The van der Waals surface area contributed by atoms with E-state index in [1.54, 1.807) is 0 Å². The van der Waals surface area contributed by atoms with Gasteiger partial charge in [0.25, 0.3) is 0 Å². The van der Waals surface area contributed by atoms with Crippen LogP contribution in [-0.4, -0.2) is 44.7 Å². The molecule has 0 amide bonds. The predicted molar refractivity (Wildman–Crippen MR) is 80.5 cm³/mol. The molecule has 0 aromatic heterocycles. The normalized spacial score (nSPS) is 24.8. The number of sulfonamides is 1. The number of benzene rings is 1. The first-order valence-electron chi connectivity index (χ1n) is 6.90. The summed E-state index contributed by atoms with van der Waals surface area (Å²) in [5, 5.41) is -0.268. The van der Waals surface area contributed by atoms with Crippen molar-refractivity contribution >= 4 is 31.5 Å². The first kappa shape index (κ1) is 16.2. The maximum atomic E-state index is 13.2. The Bertz CT molecular complexity index is 805. The zero-order valence-electron chi connectivity index (χ0n) is 11.6. The highest BCUT2D eigenvalue weighted by Crippen LogP contribution is 2.37. The van der Waals surface area contributed by atoms with Crippen LogP contribution < -0.4 is 0 Å². The van der Waals surface area contributed by atoms with Gasteiger partial charge in [-0.15, -0.1) is 0 Å². The van der Waals surface area contributed by atoms with Crippen molar-refractivity contribution in [1.29, 1.82) is 0 Å². The monoisotopic (exact) mass is 367 g/mol. The molecule has 1 aromatic carbocycles. The quantitative estimate of drug-likeness (QED) is 0.813. The molecule has 0 N–H and O–H groups in total. The lowest BCUT2D eigenvalue weighted by Gasteiger charge is -2.27. The Morgan fingerprint density at radius 3 is 2.36 bits per heavy atom. The second kappa shape index (κ2) is 5.43. The summed E-state index contributed by atoms with van der Waals surface area (Å²) < 4.78 is 63.5. The fourth-order valence-corrected chi connectivity index (χ4v) is 6.73. The SMILES string of the molecule is O=S1(=O)CC[C@@H](N(C2CC2)S(=O)(=O)c2ccc(F)c(Cl)c2)C1. The second-order valence-corrected chi connectivity index (χ2v) is 10.2. The summed E-state index contributed by atoms with van der Waals surface area (Å²) in [7, 11) is -7.09. The van der Waals surface area contributed by atoms with E-state index < -0.39 is 31.7 Å². The Labute approximate surface area is 134 Å². The first-order valence-corrected chi connectivity index (χ1v) is 10.5. The lowest BCUT2D eigenvalue weighted by atomic mass is 10.2. The Kier molecular flexibility index (Phi) is 3.99. The standard InChI is InChI=1S/C13H15ClFNO4S2/c14-12-7-11(3-4-13(12)15)22(19,20)16(9-1-2-9)10-5-6-21(17,18)8-10/h3-4,7,9-10H,1-2,5-6,8H2/t10-/m1/s1. The summed E-state index contributed by atoms with van der Waals surface area (Å²) in [6.45, 7) is 0. The van der Waals surface area contributed by atoms with Crippen LogP contribution in [0.15, 0.2) is 23.1 Å². The van der Waals surface area contributed by atoms with Crippen molar-refractivity contribution in [2.45, 2.75) is 36.2 Å². The molecule has 122 valence electrons. The van der Waals surface area contributed by atoms with Crippen LogP contribution in [0.3, 0.4) is 0 Å². The Hall–Kier alpha value is -0.700. The van der Waals surface area contributed by atoms with Crippen LogP contribution in [0.4, 0.5) is 4.39 Å². The van der Waals surface area contributed by atoms with Crippen LogP contribution in [0.5, 0.6) is 0 Å². The van der Waals surface area contributed by atoms with Crippen molar-refractivity contribution in [2.75, 3.05) is 11.5 Å². The van der Waals surface area contributed by atoms with Crippen LogP contribution >= 0.6 is 11.6 Å². The van der Waals surface area contributed by atoms with E-state index in [1.165, 1.54) is 4.31 Å². The molecule has 9 heteroatoms. The molecule has 0 bridgehead atoms. The first-order chi connectivity index (χ1) is 10.2. The van der Waals surface area contributed by atoms with Crippen molar-refractivity contribution in [3.63, 3.8) is 0 Å². The average molecular weight is 368 g/mol. The van der Waals surface area contributed by atoms with Gasteiger partial charge in [-0.1, -0.05) is 11.6 Å². The third-order valence-electron chi connectivity index (χ3n) is 3.94. The molecule has 0 unspecified atom stereocenters. The zero-order valence-corrected chi connectivity index (χ0v) is 14.0. The van der Waals surface area contributed by atoms with Crippen molar-refractivity contribution in [3.05, 3.63) is 29.0 Å². The number of hydrogen-bond donors (Lipinski definition) is 0. The van der Waals surface area contributed by atoms with Gasteiger partial charge in [-0.05, 0) is 37.5 Å². The average Bonchev–Trinajstić information content (AvgIpc) is 3.17. The molecule has 1 heterocycles. The molecule has 0 spiro atoms. The lowest BCUT2D eigenvalue weighted by molar-refractivity contribution is 0.332. The summed E-state index contributed by atoms with van der Waals surface area (Å²) in [6.07, 6.45) is 1.72. The number of hydrogen-bond acceptors (Lipinski definition) is 4. The molecule has 1 saturated carbocycles. The molecule has 2 aliphatic rings. The van der Waals surface area contributed by atoms with Gasteiger partial charge in [0.15, 0.2) is 9.84 Å². The molecule has 2 fully saturated rings. The van der Waals surface area contributed by atoms with E-state index in [0.717, 1.165) is 18.2 Å². The van der Waals surface area contributed by atoms with Crippen LogP contribution in [0, 0.1) is 5.82 Å². The van der Waals surface area contributed by atoms with Crippen LogP contribution in [-0.2, 0) is 19.9 Å². The van der Waals surface area contributed by atoms with Gasteiger partial charge in [0.1, 0.15) is 5.82 Å². The van der Waals surface area contributed by atoms with Gasteiger partial charge >= 0.3 is 0 Å². The summed E-state index contributed by atoms with van der Waals surface area (Å²) in [4.78, 5) is -0.102. The van der Waals surface area contributed by atoms with E-state index in [1.807, 2.05) is 0 Å². The minimum Gasteiger partial charge on any atom is -0.229 e. The molecule has 0 radical (unpaired) electrons. The van der Waals surface area contributed by atoms with Gasteiger partial charge in [-0.25, -0.2) is 21.2 Å². The summed E-state index contributed by atoms with van der Waals surface area (Å²) >= 11 is 5.67. The van der Waals surface area contributed by atoms with Gasteiger partial charge in [0.05, 0.1) is 21.4 Å². The van der Waals surface area contributed by atoms with Crippen LogP contribution in [0.1, 0.15) is 19.3 Å². The number of halogens is 2. The van der Waals surface area contributed by atoms with Gasteiger partial charge in [-0.3, -0.25) is 0 Å². The molecule has 1 aliphatic carbocycles. The van der Waals surface area contributed by atoms with E-state index in [0.29, 0.717) is 19.3 Å². The second-order valence-electron chi connectivity index (χ2n) is 5.70. The van der Waals surface area contributed by atoms with Gasteiger partial charge < -0.3 is 0 Å². The fourth-order valence-electron chi connectivity index (χ4n) is 2.75. The molecule has 3 rings (SSSR count). The maximum Gasteiger partial charge on any atom is 0.243 e. The highest BCUT2D eigenvalue weighted by Gasteiger charge is 2.46. The summed E-state index contributed by atoms with van der Waals surface area (Å²) in [5.41, 5.74) is 0.